The number of carbonyl (C=O) groups is 1. The van der Waals surface area contributed by atoms with Gasteiger partial charge in [-0.3, -0.25) is 4.79 Å². The highest BCUT2D eigenvalue weighted by Gasteiger charge is 2.39. The van der Waals surface area contributed by atoms with E-state index >= 15 is 0 Å². The summed E-state index contributed by atoms with van der Waals surface area (Å²) in [7, 11) is 2.85. The lowest BCUT2D eigenvalue weighted by Crippen LogP contribution is -2.30. The number of nitrogens with one attached hydrogen (secondary N) is 2. The second-order valence-electron chi connectivity index (χ2n) is 7.93. The number of nitrogens with zero attached hydrogens (tertiary/aromatic N) is 2. The molecule has 3 aromatic rings. The molecular weight excluding hydrogens is 473 g/mol. The predicted octanol–water partition coefficient (Wildman–Crippen LogP) is 5.61. The van der Waals surface area contributed by atoms with Crippen LogP contribution in [0.1, 0.15) is 25.0 Å². The van der Waals surface area contributed by atoms with Gasteiger partial charge >= 0.3 is 12.1 Å². The summed E-state index contributed by atoms with van der Waals surface area (Å²) >= 11 is 6.19. The van der Waals surface area contributed by atoms with Gasteiger partial charge in [0, 0.05) is 17.5 Å². The van der Waals surface area contributed by atoms with E-state index in [1.54, 1.807) is 12.1 Å². The Bertz CT molecular complexity index is 1200. The maximum Gasteiger partial charge on any atom is 0.471 e. The predicted molar refractivity (Wildman–Crippen MR) is 125 cm³/mol. The Morgan fingerprint density at radius 3 is 2.47 bits per heavy atom. The highest BCUT2D eigenvalue weighted by molar-refractivity contribution is 6.32. The fraction of sp³-hybridized carbons (Fsp3) is 0.348. The van der Waals surface area contributed by atoms with E-state index < -0.39 is 12.1 Å². The van der Waals surface area contributed by atoms with Crippen LogP contribution in [0.25, 0.3) is 10.9 Å². The topological polar surface area (TPSA) is 85.4 Å². The van der Waals surface area contributed by atoms with Crippen LogP contribution in [0.2, 0.25) is 5.02 Å². The molecule has 0 unspecified atom stereocenters. The second-order valence-corrected chi connectivity index (χ2v) is 8.33. The van der Waals surface area contributed by atoms with E-state index in [9.17, 15) is 18.0 Å². The Labute approximate surface area is 199 Å². The standard InChI is InChI=1S/C23H24ClF3N4O3/c1-12(2)7-14-19-15(9-17(20(14)34-4)31-22(32)23(25,26)27)21(30-11-29-19)28-10-13-5-6-18(33-3)16(24)8-13/h5-6,8-9,11-12H,7,10H2,1-4H3,(H,31,32)(H,28,29,30). The normalized spacial score (nSPS) is 11.6. The van der Waals surface area contributed by atoms with Crippen molar-refractivity contribution in [2.24, 2.45) is 5.92 Å². The minimum atomic E-state index is -5.06. The molecule has 0 bridgehead atoms. The molecule has 2 aromatic carbocycles. The first kappa shape index (κ1) is 25.4. The molecular formula is C23H24ClF3N4O3. The van der Waals surface area contributed by atoms with Gasteiger partial charge in [-0.25, -0.2) is 9.97 Å². The van der Waals surface area contributed by atoms with Crippen molar-refractivity contribution < 1.29 is 27.4 Å². The molecule has 34 heavy (non-hydrogen) atoms. The van der Waals surface area contributed by atoms with Crippen LogP contribution >= 0.6 is 11.6 Å². The number of ether oxygens (including phenoxy) is 2. The summed E-state index contributed by atoms with van der Waals surface area (Å²) in [6.45, 7) is 4.24. The SMILES string of the molecule is COc1ccc(CNc2ncnc3c(CC(C)C)c(OC)c(NC(=O)C(F)(F)F)cc23)cc1Cl. The zero-order valence-electron chi connectivity index (χ0n) is 19.0. The number of aromatic nitrogens is 2. The van der Waals surface area contributed by atoms with Crippen molar-refractivity contribution in [3.05, 3.63) is 46.7 Å². The van der Waals surface area contributed by atoms with Crippen molar-refractivity contribution in [3.63, 3.8) is 0 Å². The number of hydrogen-bond donors (Lipinski definition) is 2. The molecule has 1 aromatic heterocycles. The van der Waals surface area contributed by atoms with Crippen LogP contribution in [0.5, 0.6) is 11.5 Å². The smallest absolute Gasteiger partial charge is 0.471 e. The van der Waals surface area contributed by atoms with E-state index in [1.165, 1.54) is 26.6 Å². The molecule has 0 saturated heterocycles. The van der Waals surface area contributed by atoms with Crippen molar-refractivity contribution in [1.82, 2.24) is 9.97 Å². The van der Waals surface area contributed by atoms with Crippen LogP contribution in [-0.2, 0) is 17.8 Å². The first-order valence-electron chi connectivity index (χ1n) is 10.3. The third-order valence-electron chi connectivity index (χ3n) is 4.98. The fourth-order valence-corrected chi connectivity index (χ4v) is 3.80. The number of methoxy groups -OCH3 is 2. The maximum absolute atomic E-state index is 13.0. The lowest BCUT2D eigenvalue weighted by atomic mass is 9.98. The first-order chi connectivity index (χ1) is 16.0. The molecule has 0 aliphatic heterocycles. The lowest BCUT2D eigenvalue weighted by molar-refractivity contribution is -0.167. The molecule has 0 atom stereocenters. The fourth-order valence-electron chi connectivity index (χ4n) is 3.52. The van der Waals surface area contributed by atoms with Gasteiger partial charge in [-0.15, -0.1) is 0 Å². The molecule has 0 spiro atoms. The zero-order chi connectivity index (χ0) is 25.0. The zero-order valence-corrected chi connectivity index (χ0v) is 19.8. The lowest BCUT2D eigenvalue weighted by Gasteiger charge is -2.19. The minimum absolute atomic E-state index is 0.113. The van der Waals surface area contributed by atoms with Crippen LogP contribution in [-0.4, -0.2) is 36.3 Å². The van der Waals surface area contributed by atoms with E-state index in [0.29, 0.717) is 46.0 Å². The molecule has 1 heterocycles. The van der Waals surface area contributed by atoms with Gasteiger partial charge in [-0.2, -0.15) is 13.2 Å². The van der Waals surface area contributed by atoms with Crippen molar-refractivity contribution in [1.29, 1.82) is 0 Å². The van der Waals surface area contributed by atoms with Gasteiger partial charge in [0.25, 0.3) is 0 Å². The summed E-state index contributed by atoms with van der Waals surface area (Å²) in [6.07, 6.45) is -3.23. The third kappa shape index (κ3) is 5.61. The first-order valence-corrected chi connectivity index (χ1v) is 10.7. The number of rotatable bonds is 8. The number of fused-ring (bicyclic) bond motifs is 1. The third-order valence-corrected chi connectivity index (χ3v) is 5.27. The van der Waals surface area contributed by atoms with E-state index in [1.807, 2.05) is 25.2 Å². The van der Waals surface area contributed by atoms with Gasteiger partial charge in [-0.05, 0) is 36.1 Å². The van der Waals surface area contributed by atoms with Crippen LogP contribution in [0.15, 0.2) is 30.6 Å². The van der Waals surface area contributed by atoms with Crippen LogP contribution in [0.4, 0.5) is 24.7 Å². The molecule has 7 nitrogen and oxygen atoms in total. The quantitative estimate of drug-likeness (QED) is 0.421. The molecule has 11 heteroatoms. The van der Waals surface area contributed by atoms with E-state index in [0.717, 1.165) is 5.56 Å². The minimum Gasteiger partial charge on any atom is -0.495 e. The van der Waals surface area contributed by atoms with Crippen molar-refractivity contribution in [3.8, 4) is 11.5 Å². The van der Waals surface area contributed by atoms with Crippen molar-refractivity contribution >= 4 is 39.9 Å². The summed E-state index contributed by atoms with van der Waals surface area (Å²) in [5.41, 5.74) is 1.81. The Morgan fingerprint density at radius 2 is 1.88 bits per heavy atom. The molecule has 2 N–H and O–H groups in total. The van der Waals surface area contributed by atoms with Gasteiger partial charge in [0.1, 0.15) is 23.6 Å². The molecule has 182 valence electrons. The Kier molecular flexibility index (Phi) is 7.71. The highest BCUT2D eigenvalue weighted by Crippen LogP contribution is 2.39. The Morgan fingerprint density at radius 1 is 1.15 bits per heavy atom. The molecule has 3 rings (SSSR count). The maximum atomic E-state index is 13.0. The molecule has 0 fully saturated rings. The average Bonchev–Trinajstić information content (AvgIpc) is 2.77. The van der Waals surface area contributed by atoms with Crippen LogP contribution < -0.4 is 20.1 Å². The van der Waals surface area contributed by atoms with Crippen LogP contribution in [0.3, 0.4) is 0 Å². The van der Waals surface area contributed by atoms with E-state index in [2.05, 4.69) is 15.3 Å². The number of halogens is 4. The largest absolute Gasteiger partial charge is 0.495 e. The van der Waals surface area contributed by atoms with Gasteiger partial charge in [0.15, 0.2) is 0 Å². The Hall–Kier alpha value is -3.27. The van der Waals surface area contributed by atoms with Crippen molar-refractivity contribution in [2.75, 3.05) is 24.9 Å². The van der Waals surface area contributed by atoms with Gasteiger partial charge < -0.3 is 20.1 Å². The van der Waals surface area contributed by atoms with Gasteiger partial charge in [-0.1, -0.05) is 31.5 Å². The highest BCUT2D eigenvalue weighted by atomic mass is 35.5. The van der Waals surface area contributed by atoms with Crippen molar-refractivity contribution in [2.45, 2.75) is 33.0 Å². The van der Waals surface area contributed by atoms with Gasteiger partial charge in [0.05, 0.1) is 30.4 Å². The molecule has 0 aliphatic rings. The van der Waals surface area contributed by atoms with Crippen LogP contribution in [0, 0.1) is 5.92 Å². The van der Waals surface area contributed by atoms with E-state index in [-0.39, 0.29) is 17.4 Å². The monoisotopic (exact) mass is 496 g/mol. The molecule has 0 radical (unpaired) electrons. The summed E-state index contributed by atoms with van der Waals surface area (Å²) < 4.78 is 49.4. The average molecular weight is 497 g/mol. The number of anilines is 2. The van der Waals surface area contributed by atoms with Gasteiger partial charge in [0.2, 0.25) is 0 Å². The number of benzene rings is 2. The molecule has 0 saturated carbocycles. The molecule has 1 amide bonds. The summed E-state index contributed by atoms with van der Waals surface area (Å²) in [5, 5.41) is 5.98. The molecule has 0 aliphatic carbocycles. The summed E-state index contributed by atoms with van der Waals surface area (Å²) in [6, 6.07) is 6.67. The summed E-state index contributed by atoms with van der Waals surface area (Å²) in [5.74, 6) is -0.913. The number of hydrogen-bond acceptors (Lipinski definition) is 6. The number of carbonyl (C=O) groups excluding carboxylic acids is 1. The number of alkyl halides is 3. The summed E-state index contributed by atoms with van der Waals surface area (Å²) in [4.78, 5) is 20.3. The second kappa shape index (κ2) is 10.3. The number of amides is 1. The van der Waals surface area contributed by atoms with E-state index in [4.69, 9.17) is 21.1 Å². The Balaban J connectivity index is 2.08.